The summed E-state index contributed by atoms with van der Waals surface area (Å²) in [6.07, 6.45) is 6.98. The standard InChI is InChI=1S/C17H20N4O/c22-17(14-20-12-6-1-7-13-20)21(15-8-2-4-10-18-15)16-9-3-5-11-19-16/h2-5,8-11H,1,6-7,12-14H2. The van der Waals surface area contributed by atoms with Crippen LogP contribution in [0.15, 0.2) is 48.8 Å². The summed E-state index contributed by atoms with van der Waals surface area (Å²) in [6.45, 7) is 2.39. The van der Waals surface area contributed by atoms with Crippen molar-refractivity contribution in [2.75, 3.05) is 24.5 Å². The van der Waals surface area contributed by atoms with Crippen LogP contribution >= 0.6 is 0 Å². The first kappa shape index (κ1) is 14.7. The van der Waals surface area contributed by atoms with E-state index in [-0.39, 0.29) is 5.91 Å². The van der Waals surface area contributed by atoms with E-state index >= 15 is 0 Å². The zero-order valence-corrected chi connectivity index (χ0v) is 12.6. The lowest BCUT2D eigenvalue weighted by Gasteiger charge is -2.28. The third-order valence-electron chi connectivity index (χ3n) is 3.81. The average Bonchev–Trinajstić information content (AvgIpc) is 2.58. The van der Waals surface area contributed by atoms with E-state index in [0.29, 0.717) is 18.2 Å². The summed E-state index contributed by atoms with van der Waals surface area (Å²) in [4.78, 5) is 25.3. The molecule has 0 unspecified atom stereocenters. The van der Waals surface area contributed by atoms with Gasteiger partial charge in [0.25, 0.3) is 0 Å². The van der Waals surface area contributed by atoms with Gasteiger partial charge >= 0.3 is 0 Å². The van der Waals surface area contributed by atoms with Crippen molar-refractivity contribution in [3.05, 3.63) is 48.8 Å². The van der Waals surface area contributed by atoms with E-state index in [9.17, 15) is 4.79 Å². The second-order valence-electron chi connectivity index (χ2n) is 5.44. The zero-order chi connectivity index (χ0) is 15.2. The van der Waals surface area contributed by atoms with Gasteiger partial charge in [0.2, 0.25) is 5.91 Å². The Kier molecular flexibility index (Phi) is 4.75. The second kappa shape index (κ2) is 7.13. The van der Waals surface area contributed by atoms with Crippen LogP contribution in [0.4, 0.5) is 11.6 Å². The number of hydrogen-bond donors (Lipinski definition) is 0. The van der Waals surface area contributed by atoms with Gasteiger partial charge < -0.3 is 0 Å². The van der Waals surface area contributed by atoms with Crippen molar-refractivity contribution in [1.29, 1.82) is 0 Å². The first-order valence-electron chi connectivity index (χ1n) is 7.72. The molecular formula is C17H20N4O. The summed E-state index contributed by atoms with van der Waals surface area (Å²) >= 11 is 0. The third-order valence-corrected chi connectivity index (χ3v) is 3.81. The number of piperidine rings is 1. The minimum absolute atomic E-state index is 0.0132. The van der Waals surface area contributed by atoms with Crippen molar-refractivity contribution in [3.8, 4) is 0 Å². The van der Waals surface area contributed by atoms with E-state index in [0.717, 1.165) is 13.1 Å². The molecule has 1 amide bonds. The lowest BCUT2D eigenvalue weighted by atomic mass is 10.1. The van der Waals surface area contributed by atoms with Gasteiger partial charge in [0.05, 0.1) is 6.54 Å². The number of nitrogens with zero attached hydrogens (tertiary/aromatic N) is 4. The number of rotatable bonds is 4. The summed E-state index contributed by atoms with van der Waals surface area (Å²) in [6, 6.07) is 11.1. The fourth-order valence-electron chi connectivity index (χ4n) is 2.72. The van der Waals surface area contributed by atoms with Crippen LogP contribution in [0.2, 0.25) is 0 Å². The van der Waals surface area contributed by atoms with Crippen molar-refractivity contribution in [3.63, 3.8) is 0 Å². The highest BCUT2D eigenvalue weighted by atomic mass is 16.2. The number of aromatic nitrogens is 2. The van der Waals surface area contributed by atoms with Crippen LogP contribution in [-0.2, 0) is 4.79 Å². The maximum Gasteiger partial charge on any atom is 0.248 e. The Morgan fingerprint density at radius 2 is 1.55 bits per heavy atom. The van der Waals surface area contributed by atoms with Gasteiger partial charge in [-0.2, -0.15) is 0 Å². The Morgan fingerprint density at radius 1 is 0.955 bits per heavy atom. The predicted molar refractivity (Wildman–Crippen MR) is 85.9 cm³/mol. The first-order valence-corrected chi connectivity index (χ1v) is 7.72. The molecule has 22 heavy (non-hydrogen) atoms. The third kappa shape index (κ3) is 3.49. The van der Waals surface area contributed by atoms with Gasteiger partial charge in [-0.05, 0) is 50.2 Å². The number of amides is 1. The Labute approximate surface area is 130 Å². The number of hydrogen-bond acceptors (Lipinski definition) is 4. The zero-order valence-electron chi connectivity index (χ0n) is 12.6. The summed E-state index contributed by atoms with van der Waals surface area (Å²) in [5, 5.41) is 0. The molecule has 1 fully saturated rings. The summed E-state index contributed by atoms with van der Waals surface area (Å²) in [5.74, 6) is 1.24. The van der Waals surface area contributed by atoms with Crippen molar-refractivity contribution < 1.29 is 4.79 Å². The molecule has 3 heterocycles. The molecule has 0 N–H and O–H groups in total. The number of carbonyl (C=O) groups excluding carboxylic acids is 1. The molecule has 5 nitrogen and oxygen atoms in total. The molecule has 0 saturated carbocycles. The Balaban J connectivity index is 1.83. The van der Waals surface area contributed by atoms with Crippen molar-refractivity contribution in [1.82, 2.24) is 14.9 Å². The van der Waals surface area contributed by atoms with E-state index in [4.69, 9.17) is 0 Å². The molecule has 0 atom stereocenters. The van der Waals surface area contributed by atoms with Crippen molar-refractivity contribution >= 4 is 17.5 Å². The summed E-state index contributed by atoms with van der Waals surface area (Å²) in [5.41, 5.74) is 0. The second-order valence-corrected chi connectivity index (χ2v) is 5.44. The van der Waals surface area contributed by atoms with Crippen LogP contribution in [0.3, 0.4) is 0 Å². The lowest BCUT2D eigenvalue weighted by molar-refractivity contribution is -0.119. The number of pyridine rings is 2. The molecule has 1 saturated heterocycles. The number of likely N-dealkylation sites (tertiary alicyclic amines) is 1. The molecule has 1 aliphatic rings. The van der Waals surface area contributed by atoms with E-state index in [2.05, 4.69) is 14.9 Å². The molecule has 5 heteroatoms. The molecule has 0 aliphatic carbocycles. The van der Waals surface area contributed by atoms with E-state index in [1.165, 1.54) is 19.3 Å². The molecular weight excluding hydrogens is 276 g/mol. The van der Waals surface area contributed by atoms with Crippen molar-refractivity contribution in [2.45, 2.75) is 19.3 Å². The Bertz CT molecular complexity index is 557. The number of carbonyl (C=O) groups is 1. The molecule has 2 aromatic heterocycles. The van der Waals surface area contributed by atoms with Crippen LogP contribution < -0.4 is 4.90 Å². The van der Waals surface area contributed by atoms with Gasteiger partial charge in [0, 0.05) is 12.4 Å². The minimum Gasteiger partial charge on any atom is -0.294 e. The van der Waals surface area contributed by atoms with Crippen LogP contribution in [0.25, 0.3) is 0 Å². The fourth-order valence-corrected chi connectivity index (χ4v) is 2.72. The summed E-state index contributed by atoms with van der Waals surface area (Å²) < 4.78 is 0. The van der Waals surface area contributed by atoms with Gasteiger partial charge in [-0.3, -0.25) is 9.69 Å². The first-order chi connectivity index (χ1) is 10.8. The molecule has 3 rings (SSSR count). The van der Waals surface area contributed by atoms with E-state index in [1.54, 1.807) is 17.3 Å². The molecule has 2 aromatic rings. The highest BCUT2D eigenvalue weighted by molar-refractivity contribution is 5.99. The SMILES string of the molecule is O=C(CN1CCCCC1)N(c1ccccn1)c1ccccn1. The summed E-state index contributed by atoms with van der Waals surface area (Å²) in [7, 11) is 0. The van der Waals surface area contributed by atoms with E-state index in [1.807, 2.05) is 36.4 Å². The molecule has 0 spiro atoms. The van der Waals surface area contributed by atoms with E-state index < -0.39 is 0 Å². The highest BCUT2D eigenvalue weighted by Crippen LogP contribution is 2.21. The molecule has 0 aromatic carbocycles. The van der Waals surface area contributed by atoms with Gasteiger partial charge in [-0.15, -0.1) is 0 Å². The van der Waals surface area contributed by atoms with Crippen LogP contribution in [0.1, 0.15) is 19.3 Å². The maximum atomic E-state index is 12.8. The normalized spacial score (nSPS) is 15.5. The molecule has 114 valence electrons. The monoisotopic (exact) mass is 296 g/mol. The molecule has 1 aliphatic heterocycles. The topological polar surface area (TPSA) is 49.3 Å². The quantitative estimate of drug-likeness (QED) is 0.870. The molecule has 0 bridgehead atoms. The van der Waals surface area contributed by atoms with Gasteiger partial charge in [0.1, 0.15) is 11.6 Å². The lowest BCUT2D eigenvalue weighted by Crippen LogP contribution is -2.41. The van der Waals surface area contributed by atoms with Gasteiger partial charge in [-0.1, -0.05) is 18.6 Å². The van der Waals surface area contributed by atoms with Gasteiger partial charge in [-0.25, -0.2) is 14.9 Å². The van der Waals surface area contributed by atoms with Crippen LogP contribution in [0.5, 0.6) is 0 Å². The smallest absolute Gasteiger partial charge is 0.248 e. The van der Waals surface area contributed by atoms with Crippen LogP contribution in [-0.4, -0.2) is 40.4 Å². The largest absolute Gasteiger partial charge is 0.294 e. The Hall–Kier alpha value is -2.27. The van der Waals surface area contributed by atoms with Gasteiger partial charge in [0.15, 0.2) is 0 Å². The highest BCUT2D eigenvalue weighted by Gasteiger charge is 2.23. The minimum atomic E-state index is 0.0132. The van der Waals surface area contributed by atoms with Crippen molar-refractivity contribution in [2.24, 2.45) is 0 Å². The maximum absolute atomic E-state index is 12.8. The average molecular weight is 296 g/mol. The fraction of sp³-hybridized carbons (Fsp3) is 0.353. The predicted octanol–water partition coefficient (Wildman–Crippen LogP) is 2.63. The molecule has 0 radical (unpaired) electrons. The van der Waals surface area contributed by atoms with Crippen LogP contribution in [0, 0.1) is 0 Å². The Morgan fingerprint density at radius 3 is 2.05 bits per heavy atom. The number of anilines is 2.